The van der Waals surface area contributed by atoms with Crippen LogP contribution < -0.4 is 5.32 Å². The predicted octanol–water partition coefficient (Wildman–Crippen LogP) is 1.57. The van der Waals surface area contributed by atoms with Crippen molar-refractivity contribution in [2.45, 2.75) is 0 Å². The lowest BCUT2D eigenvalue weighted by Gasteiger charge is -1.86. The minimum atomic E-state index is 0.624. The molecule has 0 bridgehead atoms. The molecular formula is C7H8N4S. The third-order valence-corrected chi connectivity index (χ3v) is 2.34. The van der Waals surface area contributed by atoms with Gasteiger partial charge >= 0.3 is 0 Å². The molecule has 0 saturated carbocycles. The fourth-order valence-corrected chi connectivity index (χ4v) is 1.56. The maximum Gasteiger partial charge on any atom is 0.242 e. The topological polar surface area (TPSA) is 53.6 Å². The number of aromatic nitrogens is 3. The molecule has 0 saturated heterocycles. The molecule has 12 heavy (non-hydrogen) atoms. The number of hydrogen-bond acceptors (Lipinski definition) is 4. The molecule has 5 heteroatoms. The van der Waals surface area contributed by atoms with Gasteiger partial charge in [0.1, 0.15) is 0 Å². The quantitative estimate of drug-likeness (QED) is 0.737. The fourth-order valence-electron chi connectivity index (χ4n) is 0.897. The molecule has 0 aliphatic rings. The van der Waals surface area contributed by atoms with Crippen LogP contribution in [0.5, 0.6) is 0 Å². The number of nitrogens with one attached hydrogen (secondary N) is 2. The summed E-state index contributed by atoms with van der Waals surface area (Å²) < 4.78 is 0. The Balaban J connectivity index is 2.35. The zero-order valence-electron chi connectivity index (χ0n) is 6.53. The normalized spacial score (nSPS) is 10.1. The summed E-state index contributed by atoms with van der Waals surface area (Å²) in [4.78, 5) is 5.30. The van der Waals surface area contributed by atoms with Gasteiger partial charge in [-0.2, -0.15) is 4.98 Å². The summed E-state index contributed by atoms with van der Waals surface area (Å²) in [7, 11) is 1.79. The summed E-state index contributed by atoms with van der Waals surface area (Å²) in [6, 6.07) is 3.99. The smallest absolute Gasteiger partial charge is 0.242 e. The highest BCUT2D eigenvalue weighted by Crippen LogP contribution is 2.20. The SMILES string of the molecule is CNc1n[nH]c(-c2cccs2)n1. The Morgan fingerprint density at radius 3 is 3.08 bits per heavy atom. The van der Waals surface area contributed by atoms with Crippen LogP contribution in [0.25, 0.3) is 10.7 Å². The van der Waals surface area contributed by atoms with Crippen molar-refractivity contribution in [3.8, 4) is 10.7 Å². The maximum absolute atomic E-state index is 4.20. The average Bonchev–Trinajstić information content (AvgIpc) is 2.75. The van der Waals surface area contributed by atoms with E-state index in [9.17, 15) is 0 Å². The average molecular weight is 180 g/mol. The van der Waals surface area contributed by atoms with E-state index in [1.807, 2.05) is 17.5 Å². The van der Waals surface area contributed by atoms with Gasteiger partial charge in [-0.25, -0.2) is 0 Å². The molecule has 0 aliphatic heterocycles. The number of anilines is 1. The molecule has 2 N–H and O–H groups in total. The van der Waals surface area contributed by atoms with Crippen LogP contribution in [0.3, 0.4) is 0 Å². The van der Waals surface area contributed by atoms with Gasteiger partial charge in [0.25, 0.3) is 0 Å². The van der Waals surface area contributed by atoms with E-state index in [1.165, 1.54) is 0 Å². The van der Waals surface area contributed by atoms with Gasteiger partial charge in [-0.3, -0.25) is 5.10 Å². The number of hydrogen-bond donors (Lipinski definition) is 2. The summed E-state index contributed by atoms with van der Waals surface area (Å²) in [5.41, 5.74) is 0. The van der Waals surface area contributed by atoms with E-state index in [0.29, 0.717) is 5.95 Å². The van der Waals surface area contributed by atoms with Gasteiger partial charge in [0, 0.05) is 7.05 Å². The molecule has 2 aromatic heterocycles. The van der Waals surface area contributed by atoms with Crippen LogP contribution in [0.15, 0.2) is 17.5 Å². The van der Waals surface area contributed by atoms with Crippen molar-refractivity contribution >= 4 is 17.3 Å². The van der Waals surface area contributed by atoms with E-state index in [-0.39, 0.29) is 0 Å². The Morgan fingerprint density at radius 2 is 2.50 bits per heavy atom. The zero-order chi connectivity index (χ0) is 8.39. The molecule has 0 fully saturated rings. The van der Waals surface area contributed by atoms with Gasteiger partial charge in [0.15, 0.2) is 5.82 Å². The first-order valence-corrected chi connectivity index (χ1v) is 4.42. The van der Waals surface area contributed by atoms with Crippen LogP contribution in [0, 0.1) is 0 Å². The van der Waals surface area contributed by atoms with E-state index in [1.54, 1.807) is 18.4 Å². The van der Waals surface area contributed by atoms with Crippen LogP contribution in [0.2, 0.25) is 0 Å². The predicted molar refractivity (Wildman–Crippen MR) is 49.2 cm³/mol. The summed E-state index contributed by atoms with van der Waals surface area (Å²) >= 11 is 1.64. The summed E-state index contributed by atoms with van der Waals surface area (Å²) in [5.74, 6) is 1.44. The first kappa shape index (κ1) is 7.30. The van der Waals surface area contributed by atoms with Crippen LogP contribution in [0.1, 0.15) is 0 Å². The highest BCUT2D eigenvalue weighted by Gasteiger charge is 2.03. The second-order valence-electron chi connectivity index (χ2n) is 2.23. The molecule has 62 valence electrons. The monoisotopic (exact) mass is 180 g/mol. The molecule has 0 atom stereocenters. The fraction of sp³-hybridized carbons (Fsp3) is 0.143. The van der Waals surface area contributed by atoms with Crippen molar-refractivity contribution in [3.05, 3.63) is 17.5 Å². The molecule has 0 unspecified atom stereocenters. The van der Waals surface area contributed by atoms with Crippen molar-refractivity contribution in [1.29, 1.82) is 0 Å². The Bertz CT molecular complexity index is 351. The van der Waals surface area contributed by atoms with Gasteiger partial charge in [0.05, 0.1) is 4.88 Å². The lowest BCUT2D eigenvalue weighted by Crippen LogP contribution is -1.88. The third-order valence-electron chi connectivity index (χ3n) is 1.46. The first-order chi connectivity index (χ1) is 5.90. The van der Waals surface area contributed by atoms with E-state index in [2.05, 4.69) is 20.5 Å². The molecule has 4 nitrogen and oxygen atoms in total. The Hall–Kier alpha value is -1.36. The highest BCUT2D eigenvalue weighted by molar-refractivity contribution is 7.13. The number of thiophene rings is 1. The van der Waals surface area contributed by atoms with Crippen molar-refractivity contribution in [1.82, 2.24) is 15.2 Å². The van der Waals surface area contributed by atoms with Gasteiger partial charge in [-0.1, -0.05) is 6.07 Å². The summed E-state index contributed by atoms with van der Waals surface area (Å²) in [6.07, 6.45) is 0. The largest absolute Gasteiger partial charge is 0.356 e. The Kier molecular flexibility index (Phi) is 1.79. The van der Waals surface area contributed by atoms with Crippen LogP contribution >= 0.6 is 11.3 Å². The molecule has 2 heterocycles. The highest BCUT2D eigenvalue weighted by atomic mass is 32.1. The van der Waals surface area contributed by atoms with Crippen molar-refractivity contribution < 1.29 is 0 Å². The molecule has 0 aliphatic carbocycles. The molecule has 0 aromatic carbocycles. The Labute approximate surface area is 73.7 Å². The molecule has 0 amide bonds. The second kappa shape index (κ2) is 2.94. The maximum atomic E-state index is 4.20. The zero-order valence-corrected chi connectivity index (χ0v) is 7.35. The second-order valence-corrected chi connectivity index (χ2v) is 3.18. The number of rotatable bonds is 2. The lowest BCUT2D eigenvalue weighted by atomic mass is 10.4. The van der Waals surface area contributed by atoms with Crippen LogP contribution in [-0.4, -0.2) is 22.2 Å². The number of nitrogens with zero attached hydrogens (tertiary/aromatic N) is 2. The van der Waals surface area contributed by atoms with Gasteiger partial charge < -0.3 is 5.32 Å². The summed E-state index contributed by atoms with van der Waals surface area (Å²) in [6.45, 7) is 0. The molecule has 2 rings (SSSR count). The van der Waals surface area contributed by atoms with Crippen molar-refractivity contribution in [2.24, 2.45) is 0 Å². The van der Waals surface area contributed by atoms with Crippen molar-refractivity contribution in [3.63, 3.8) is 0 Å². The third kappa shape index (κ3) is 1.18. The Morgan fingerprint density at radius 1 is 1.58 bits per heavy atom. The van der Waals surface area contributed by atoms with Gasteiger partial charge in [0.2, 0.25) is 5.95 Å². The molecule has 0 spiro atoms. The van der Waals surface area contributed by atoms with Crippen molar-refractivity contribution in [2.75, 3.05) is 12.4 Å². The van der Waals surface area contributed by atoms with Crippen LogP contribution in [0.4, 0.5) is 5.95 Å². The minimum absolute atomic E-state index is 0.624. The van der Waals surface area contributed by atoms with Crippen LogP contribution in [-0.2, 0) is 0 Å². The number of H-pyrrole nitrogens is 1. The van der Waals surface area contributed by atoms with Gasteiger partial charge in [-0.15, -0.1) is 16.4 Å². The summed E-state index contributed by atoms with van der Waals surface area (Å²) in [5, 5.41) is 11.7. The number of aromatic amines is 1. The van der Waals surface area contributed by atoms with E-state index < -0.39 is 0 Å². The van der Waals surface area contributed by atoms with E-state index >= 15 is 0 Å². The first-order valence-electron chi connectivity index (χ1n) is 3.54. The minimum Gasteiger partial charge on any atom is -0.356 e. The molecule has 0 radical (unpaired) electrons. The lowest BCUT2D eigenvalue weighted by molar-refractivity contribution is 1.09. The van der Waals surface area contributed by atoms with E-state index in [0.717, 1.165) is 10.7 Å². The van der Waals surface area contributed by atoms with Gasteiger partial charge in [-0.05, 0) is 11.4 Å². The molecule has 2 aromatic rings. The van der Waals surface area contributed by atoms with E-state index in [4.69, 9.17) is 0 Å². The molecular weight excluding hydrogens is 172 g/mol. The standard InChI is InChI=1S/C7H8N4S/c1-8-7-9-6(10-11-7)5-3-2-4-12-5/h2-4H,1H3,(H2,8,9,10,11).